The van der Waals surface area contributed by atoms with Gasteiger partial charge in [-0.15, -0.1) is 0 Å². The summed E-state index contributed by atoms with van der Waals surface area (Å²) in [6.45, 7) is 4.26. The third-order valence-electron chi connectivity index (χ3n) is 6.08. The van der Waals surface area contributed by atoms with E-state index in [9.17, 15) is 35.9 Å². The molecule has 1 aromatic heterocycles. The summed E-state index contributed by atoms with van der Waals surface area (Å²) in [5.41, 5.74) is 1.91. The number of alkyl halides is 6. The molecule has 3 rings (SSSR count). The minimum Gasteiger partial charge on any atom is -0.364 e. The number of anilines is 1. The van der Waals surface area contributed by atoms with E-state index >= 15 is 0 Å². The fourth-order valence-electron chi connectivity index (χ4n) is 3.91. The predicted molar refractivity (Wildman–Crippen MR) is 126 cm³/mol. The lowest BCUT2D eigenvalue weighted by Gasteiger charge is -2.32. The Labute approximate surface area is 208 Å². The maximum Gasteiger partial charge on any atom is 0.416 e. The van der Waals surface area contributed by atoms with E-state index in [1.807, 2.05) is 0 Å². The summed E-state index contributed by atoms with van der Waals surface area (Å²) in [7, 11) is 1.32. The first-order valence-electron chi connectivity index (χ1n) is 10.9. The molecule has 2 amide bonds. The van der Waals surface area contributed by atoms with E-state index in [1.54, 1.807) is 31.2 Å². The SMILES string of the molecule is Cc1ccccc1-c1cc(C(N)=O)ncc1N(C)C(=O)C(C)(C)c1cc(C(F)(F)F)cc(C(F)(F)F)c1. The number of carbonyl (C=O) groups excluding carboxylic acids is 2. The van der Waals surface area contributed by atoms with Crippen molar-refractivity contribution in [3.63, 3.8) is 0 Å². The molecule has 0 radical (unpaired) electrons. The van der Waals surface area contributed by atoms with Crippen LogP contribution in [0.5, 0.6) is 0 Å². The first kappa shape index (κ1) is 27.7. The number of aryl methyl sites for hydroxylation is 1. The third-order valence-corrected chi connectivity index (χ3v) is 6.08. The van der Waals surface area contributed by atoms with Crippen LogP contribution >= 0.6 is 0 Å². The largest absolute Gasteiger partial charge is 0.416 e. The van der Waals surface area contributed by atoms with Crippen molar-refractivity contribution >= 4 is 17.5 Å². The van der Waals surface area contributed by atoms with Gasteiger partial charge in [0.05, 0.1) is 28.4 Å². The van der Waals surface area contributed by atoms with E-state index in [2.05, 4.69) is 4.98 Å². The zero-order chi connectivity index (χ0) is 27.9. The number of aromatic nitrogens is 1. The van der Waals surface area contributed by atoms with E-state index in [0.29, 0.717) is 23.3 Å². The maximum absolute atomic E-state index is 13.6. The number of hydrogen-bond acceptors (Lipinski definition) is 3. The van der Waals surface area contributed by atoms with Crippen LogP contribution in [-0.2, 0) is 22.6 Å². The normalized spacial score (nSPS) is 12.4. The van der Waals surface area contributed by atoms with Gasteiger partial charge in [0.1, 0.15) is 5.69 Å². The molecule has 11 heteroatoms. The first-order chi connectivity index (χ1) is 16.9. The number of rotatable bonds is 5. The Balaban J connectivity index is 2.17. The molecule has 2 N–H and O–H groups in total. The molecule has 0 aliphatic carbocycles. The molecule has 0 spiro atoms. The second kappa shape index (κ2) is 9.53. The molecule has 2 aromatic carbocycles. The van der Waals surface area contributed by atoms with Crippen LogP contribution in [-0.4, -0.2) is 23.8 Å². The van der Waals surface area contributed by atoms with Crippen molar-refractivity contribution in [1.29, 1.82) is 0 Å². The summed E-state index contributed by atoms with van der Waals surface area (Å²) in [4.78, 5) is 30.4. The van der Waals surface area contributed by atoms with Gasteiger partial charge in [-0.2, -0.15) is 26.3 Å². The van der Waals surface area contributed by atoms with Gasteiger partial charge in [-0.25, -0.2) is 4.98 Å². The topological polar surface area (TPSA) is 76.3 Å². The van der Waals surface area contributed by atoms with Crippen molar-refractivity contribution in [2.45, 2.75) is 38.5 Å². The van der Waals surface area contributed by atoms with Gasteiger partial charge < -0.3 is 10.6 Å². The number of hydrogen-bond donors (Lipinski definition) is 1. The van der Waals surface area contributed by atoms with Gasteiger partial charge in [-0.3, -0.25) is 9.59 Å². The minimum atomic E-state index is -5.06. The Morgan fingerprint density at radius 1 is 0.838 bits per heavy atom. The van der Waals surface area contributed by atoms with Crippen LogP contribution < -0.4 is 10.6 Å². The van der Waals surface area contributed by atoms with Gasteiger partial charge in [-0.1, -0.05) is 24.3 Å². The molecule has 0 atom stereocenters. The summed E-state index contributed by atoms with van der Waals surface area (Å²) in [6, 6.07) is 9.48. The zero-order valence-corrected chi connectivity index (χ0v) is 20.3. The molecular weight excluding hydrogens is 500 g/mol. The van der Waals surface area contributed by atoms with E-state index in [-0.39, 0.29) is 17.4 Å². The van der Waals surface area contributed by atoms with Crippen molar-refractivity contribution in [1.82, 2.24) is 4.98 Å². The molecule has 0 bridgehead atoms. The van der Waals surface area contributed by atoms with Crippen LogP contribution in [0.2, 0.25) is 0 Å². The average Bonchev–Trinajstić information content (AvgIpc) is 2.81. The molecule has 0 saturated carbocycles. The Morgan fingerprint density at radius 2 is 1.35 bits per heavy atom. The van der Waals surface area contributed by atoms with Gasteiger partial charge in [0.2, 0.25) is 5.91 Å². The number of nitrogens with two attached hydrogens (primary N) is 1. The number of likely N-dealkylation sites (N-methyl/N-ethyl adjacent to an activating group) is 1. The highest BCUT2D eigenvalue weighted by Crippen LogP contribution is 2.40. The molecule has 0 saturated heterocycles. The Hall–Kier alpha value is -3.89. The van der Waals surface area contributed by atoms with E-state index < -0.39 is 46.3 Å². The number of amides is 2. The Bertz CT molecular complexity index is 1330. The predicted octanol–water partition coefficient (Wildman–Crippen LogP) is 6.13. The number of benzene rings is 2. The molecule has 0 unspecified atom stereocenters. The number of nitrogens with zero attached hydrogens (tertiary/aromatic N) is 2. The van der Waals surface area contributed by atoms with Gasteiger partial charge in [0.25, 0.3) is 5.91 Å². The third kappa shape index (κ3) is 5.60. The van der Waals surface area contributed by atoms with Crippen molar-refractivity contribution in [3.05, 3.63) is 82.7 Å². The van der Waals surface area contributed by atoms with Crippen molar-refractivity contribution < 1.29 is 35.9 Å². The fraction of sp³-hybridized carbons (Fsp3) is 0.269. The van der Waals surface area contributed by atoms with Crippen LogP contribution in [0.3, 0.4) is 0 Å². The lowest BCUT2D eigenvalue weighted by atomic mass is 9.81. The lowest BCUT2D eigenvalue weighted by molar-refractivity contribution is -0.143. The Kier molecular flexibility index (Phi) is 7.13. The molecule has 1 heterocycles. The zero-order valence-electron chi connectivity index (χ0n) is 20.3. The van der Waals surface area contributed by atoms with Gasteiger partial charge in [0, 0.05) is 12.6 Å². The molecule has 0 aliphatic heterocycles. The van der Waals surface area contributed by atoms with Crippen LogP contribution in [0.25, 0.3) is 11.1 Å². The molecule has 196 valence electrons. The summed E-state index contributed by atoms with van der Waals surface area (Å²) < 4.78 is 80.5. The van der Waals surface area contributed by atoms with Crippen LogP contribution in [0.15, 0.2) is 54.7 Å². The number of primary amides is 1. The van der Waals surface area contributed by atoms with E-state index in [1.165, 1.54) is 33.2 Å². The van der Waals surface area contributed by atoms with Crippen LogP contribution in [0.4, 0.5) is 32.0 Å². The number of carbonyl (C=O) groups is 2. The molecule has 0 aliphatic rings. The highest BCUT2D eigenvalue weighted by molar-refractivity contribution is 6.04. The number of halogens is 6. The quantitative estimate of drug-likeness (QED) is 0.409. The van der Waals surface area contributed by atoms with Gasteiger partial charge in [-0.05, 0) is 61.7 Å². The summed E-state index contributed by atoms with van der Waals surface area (Å²) in [5, 5.41) is 0. The minimum absolute atomic E-state index is 0.0104. The standard InChI is InChI=1S/C26H23F6N3O2/c1-14-7-5-6-8-18(14)19-12-20(22(33)36)34-13-21(19)35(4)23(37)24(2,3)15-9-16(25(27,28)29)11-17(10-15)26(30,31)32/h5-13H,1-4H3,(H2,33,36). The molecular formula is C26H23F6N3O2. The van der Waals surface area contributed by atoms with Crippen molar-refractivity contribution in [2.24, 2.45) is 5.73 Å². The van der Waals surface area contributed by atoms with Gasteiger partial charge >= 0.3 is 12.4 Å². The number of pyridine rings is 1. The highest BCUT2D eigenvalue weighted by Gasteiger charge is 2.41. The summed E-state index contributed by atoms with van der Waals surface area (Å²) in [6.07, 6.45) is -8.91. The van der Waals surface area contributed by atoms with E-state index in [4.69, 9.17) is 5.73 Å². The van der Waals surface area contributed by atoms with Gasteiger partial charge in [0.15, 0.2) is 0 Å². The first-order valence-corrected chi connectivity index (χ1v) is 10.9. The maximum atomic E-state index is 13.6. The van der Waals surface area contributed by atoms with Crippen molar-refractivity contribution in [2.75, 3.05) is 11.9 Å². The second-order valence-electron chi connectivity index (χ2n) is 9.05. The summed E-state index contributed by atoms with van der Waals surface area (Å²) >= 11 is 0. The second-order valence-corrected chi connectivity index (χ2v) is 9.05. The van der Waals surface area contributed by atoms with Crippen molar-refractivity contribution in [3.8, 4) is 11.1 Å². The van der Waals surface area contributed by atoms with Crippen LogP contribution in [0, 0.1) is 6.92 Å². The smallest absolute Gasteiger partial charge is 0.364 e. The van der Waals surface area contributed by atoms with E-state index in [0.717, 1.165) is 10.5 Å². The molecule has 37 heavy (non-hydrogen) atoms. The fourth-order valence-corrected chi connectivity index (χ4v) is 3.91. The molecule has 3 aromatic rings. The van der Waals surface area contributed by atoms with Crippen LogP contribution in [0.1, 0.15) is 46.6 Å². The molecule has 5 nitrogen and oxygen atoms in total. The summed E-state index contributed by atoms with van der Waals surface area (Å²) in [5.74, 6) is -1.62. The Morgan fingerprint density at radius 3 is 1.84 bits per heavy atom. The lowest BCUT2D eigenvalue weighted by Crippen LogP contribution is -2.42. The highest BCUT2D eigenvalue weighted by atomic mass is 19.4. The average molecular weight is 523 g/mol. The molecule has 0 fully saturated rings. The monoisotopic (exact) mass is 523 g/mol.